The number of hydrogen-bond donors (Lipinski definition) is 3. The fraction of sp³-hybridized carbons (Fsp3) is 0.250. The van der Waals surface area contributed by atoms with E-state index in [2.05, 4.69) is 31.9 Å². The minimum Gasteiger partial charge on any atom is -0.355 e. The van der Waals surface area contributed by atoms with Crippen LogP contribution in [-0.4, -0.2) is 30.8 Å². The zero-order chi connectivity index (χ0) is 20.1. The number of carbonyl (C=O) groups excluding carboxylic acids is 3. The van der Waals surface area contributed by atoms with Crippen LogP contribution in [0, 0.1) is 5.82 Å². The van der Waals surface area contributed by atoms with E-state index < -0.39 is 11.7 Å². The first-order valence-electron chi connectivity index (χ1n) is 8.85. The third-order valence-corrected chi connectivity index (χ3v) is 4.94. The van der Waals surface area contributed by atoms with Crippen molar-refractivity contribution in [2.75, 3.05) is 18.4 Å². The number of benzene rings is 2. The third kappa shape index (κ3) is 4.95. The molecule has 1 atom stereocenters. The number of amides is 3. The quantitative estimate of drug-likeness (QED) is 0.594. The Labute approximate surface area is 170 Å². The molecular weight excluding hydrogens is 429 g/mol. The zero-order valence-corrected chi connectivity index (χ0v) is 16.5. The molecule has 3 amide bonds. The molecule has 1 aliphatic rings. The molecule has 8 heteroatoms. The van der Waals surface area contributed by atoms with E-state index in [9.17, 15) is 18.8 Å². The van der Waals surface area contributed by atoms with Gasteiger partial charge in [-0.15, -0.1) is 0 Å². The Kier molecular flexibility index (Phi) is 6.41. The van der Waals surface area contributed by atoms with Gasteiger partial charge in [-0.1, -0.05) is 22.0 Å². The molecule has 0 fully saturated rings. The minimum atomic E-state index is -0.651. The zero-order valence-electron chi connectivity index (χ0n) is 14.9. The maximum absolute atomic E-state index is 13.4. The van der Waals surface area contributed by atoms with Crippen molar-refractivity contribution in [2.45, 2.75) is 18.8 Å². The van der Waals surface area contributed by atoms with Crippen molar-refractivity contribution in [3.63, 3.8) is 0 Å². The molecule has 1 unspecified atom stereocenters. The maximum atomic E-state index is 13.4. The van der Waals surface area contributed by atoms with E-state index in [1.807, 2.05) is 0 Å². The molecule has 1 aliphatic heterocycles. The first-order valence-corrected chi connectivity index (χ1v) is 9.64. The van der Waals surface area contributed by atoms with Gasteiger partial charge in [-0.05, 0) is 48.4 Å². The largest absolute Gasteiger partial charge is 0.355 e. The lowest BCUT2D eigenvalue weighted by Crippen LogP contribution is -2.36. The Morgan fingerprint density at radius 1 is 1.11 bits per heavy atom. The summed E-state index contributed by atoms with van der Waals surface area (Å²) in [5.41, 5.74) is 1.49. The first kappa shape index (κ1) is 20.0. The highest BCUT2D eigenvalue weighted by atomic mass is 79.9. The van der Waals surface area contributed by atoms with Crippen molar-refractivity contribution in [1.29, 1.82) is 0 Å². The van der Waals surface area contributed by atoms with E-state index in [-0.39, 0.29) is 24.1 Å². The van der Waals surface area contributed by atoms with E-state index in [1.165, 1.54) is 18.2 Å². The minimum absolute atomic E-state index is 0.0186. The topological polar surface area (TPSA) is 87.3 Å². The van der Waals surface area contributed by atoms with Gasteiger partial charge >= 0.3 is 0 Å². The summed E-state index contributed by atoms with van der Waals surface area (Å²) in [6.07, 6.45) is 0.563. The summed E-state index contributed by atoms with van der Waals surface area (Å²) in [5, 5.41) is 8.15. The van der Waals surface area contributed by atoms with Gasteiger partial charge in [-0.3, -0.25) is 14.4 Å². The number of halogens is 2. The summed E-state index contributed by atoms with van der Waals surface area (Å²) >= 11 is 3.32. The van der Waals surface area contributed by atoms with Crippen molar-refractivity contribution in [3.05, 3.63) is 63.9 Å². The first-order chi connectivity index (χ1) is 13.4. The van der Waals surface area contributed by atoms with Crippen molar-refractivity contribution in [3.8, 4) is 0 Å². The highest BCUT2D eigenvalue weighted by Gasteiger charge is 2.30. The van der Waals surface area contributed by atoms with Gasteiger partial charge in [0.05, 0.1) is 5.92 Å². The normalized spacial score (nSPS) is 15.4. The molecule has 3 N–H and O–H groups in total. The van der Waals surface area contributed by atoms with Crippen LogP contribution in [0.1, 0.15) is 34.7 Å². The molecule has 0 aromatic heterocycles. The number of fused-ring (bicyclic) bond motifs is 1. The lowest BCUT2D eigenvalue weighted by Gasteiger charge is -2.24. The smallest absolute Gasteiger partial charge is 0.251 e. The molecule has 146 valence electrons. The molecule has 0 saturated heterocycles. The second-order valence-electron chi connectivity index (χ2n) is 6.44. The molecule has 0 radical (unpaired) electrons. The number of carbonyl (C=O) groups is 3. The van der Waals surface area contributed by atoms with Gasteiger partial charge in [-0.25, -0.2) is 4.39 Å². The number of nitrogens with one attached hydrogen (secondary N) is 3. The Morgan fingerprint density at radius 3 is 2.57 bits per heavy atom. The summed E-state index contributed by atoms with van der Waals surface area (Å²) in [6.45, 7) is 0.760. The standard InChI is InChI=1S/C20H19BrFN3O3/c21-13-4-2-12(3-5-13)19(27)23-8-1-9-24-20(28)16-11-18(26)25-17-10-14(22)6-7-15(16)17/h2-7,10,16H,1,8-9,11H2,(H,23,27)(H,24,28)(H,25,26). The molecule has 3 rings (SSSR count). The van der Waals surface area contributed by atoms with Crippen molar-refractivity contribution >= 4 is 39.3 Å². The van der Waals surface area contributed by atoms with Crippen LogP contribution in [0.4, 0.5) is 10.1 Å². The van der Waals surface area contributed by atoms with E-state index in [0.717, 1.165) is 4.47 Å². The van der Waals surface area contributed by atoms with Gasteiger partial charge in [0.15, 0.2) is 0 Å². The fourth-order valence-corrected chi connectivity index (χ4v) is 3.26. The van der Waals surface area contributed by atoms with Crippen LogP contribution >= 0.6 is 15.9 Å². The Bertz CT molecular complexity index is 902. The van der Waals surface area contributed by atoms with Gasteiger partial charge in [0, 0.05) is 35.2 Å². The molecule has 1 heterocycles. The summed E-state index contributed by atoms with van der Waals surface area (Å²) < 4.78 is 14.3. The molecular formula is C20H19BrFN3O3. The number of anilines is 1. The second kappa shape index (κ2) is 8.97. The fourth-order valence-electron chi connectivity index (χ4n) is 3.00. The molecule has 2 aromatic rings. The third-order valence-electron chi connectivity index (χ3n) is 4.42. The monoisotopic (exact) mass is 447 g/mol. The predicted octanol–water partition coefficient (Wildman–Crippen LogP) is 2.95. The number of hydrogen-bond acceptors (Lipinski definition) is 3. The maximum Gasteiger partial charge on any atom is 0.251 e. The average molecular weight is 448 g/mol. The lowest BCUT2D eigenvalue weighted by atomic mass is 9.89. The molecule has 2 aromatic carbocycles. The van der Waals surface area contributed by atoms with E-state index in [1.54, 1.807) is 24.3 Å². The van der Waals surface area contributed by atoms with Crippen LogP contribution in [-0.2, 0) is 9.59 Å². The van der Waals surface area contributed by atoms with Crippen molar-refractivity contribution in [1.82, 2.24) is 10.6 Å². The SMILES string of the molecule is O=C1CC(C(=O)NCCCNC(=O)c2ccc(Br)cc2)c2ccc(F)cc2N1. The molecule has 0 spiro atoms. The van der Waals surface area contributed by atoms with Crippen LogP contribution in [0.25, 0.3) is 0 Å². The predicted molar refractivity (Wildman–Crippen MR) is 106 cm³/mol. The second-order valence-corrected chi connectivity index (χ2v) is 7.36. The van der Waals surface area contributed by atoms with Crippen LogP contribution in [0.5, 0.6) is 0 Å². The lowest BCUT2D eigenvalue weighted by molar-refractivity contribution is -0.126. The molecule has 0 saturated carbocycles. The van der Waals surface area contributed by atoms with Crippen LogP contribution in [0.2, 0.25) is 0 Å². The summed E-state index contributed by atoms with van der Waals surface area (Å²) in [5.74, 6) is -1.91. The highest BCUT2D eigenvalue weighted by Crippen LogP contribution is 2.32. The van der Waals surface area contributed by atoms with Gasteiger partial charge in [0.1, 0.15) is 5.82 Å². The molecule has 28 heavy (non-hydrogen) atoms. The van der Waals surface area contributed by atoms with E-state index in [0.29, 0.717) is 36.3 Å². The van der Waals surface area contributed by atoms with Crippen LogP contribution < -0.4 is 16.0 Å². The van der Waals surface area contributed by atoms with Crippen LogP contribution in [0.15, 0.2) is 46.9 Å². The van der Waals surface area contributed by atoms with Gasteiger partial charge in [0.25, 0.3) is 5.91 Å². The molecule has 0 aliphatic carbocycles. The Morgan fingerprint density at radius 2 is 1.82 bits per heavy atom. The van der Waals surface area contributed by atoms with Crippen molar-refractivity contribution < 1.29 is 18.8 Å². The summed E-state index contributed by atoms with van der Waals surface area (Å²) in [4.78, 5) is 36.3. The van der Waals surface area contributed by atoms with Gasteiger partial charge in [0.2, 0.25) is 11.8 Å². The average Bonchev–Trinajstić information content (AvgIpc) is 2.66. The Balaban J connectivity index is 1.47. The summed E-state index contributed by atoms with van der Waals surface area (Å²) in [6, 6.07) is 11.0. The molecule has 0 bridgehead atoms. The van der Waals surface area contributed by atoms with Gasteiger partial charge in [-0.2, -0.15) is 0 Å². The Hall–Kier alpha value is -2.74. The summed E-state index contributed by atoms with van der Waals surface area (Å²) in [7, 11) is 0. The van der Waals surface area contributed by atoms with E-state index in [4.69, 9.17) is 0 Å². The highest BCUT2D eigenvalue weighted by molar-refractivity contribution is 9.10. The number of rotatable bonds is 6. The van der Waals surface area contributed by atoms with Crippen LogP contribution in [0.3, 0.4) is 0 Å². The molecule has 6 nitrogen and oxygen atoms in total. The van der Waals surface area contributed by atoms with Crippen molar-refractivity contribution in [2.24, 2.45) is 0 Å². The van der Waals surface area contributed by atoms with E-state index >= 15 is 0 Å². The van der Waals surface area contributed by atoms with Gasteiger partial charge < -0.3 is 16.0 Å².